The van der Waals surface area contributed by atoms with Crippen LogP contribution < -0.4 is 14.8 Å². The number of carbonyl (C=O) groups excluding carboxylic acids is 1. The van der Waals surface area contributed by atoms with Gasteiger partial charge in [-0.3, -0.25) is 9.36 Å². The highest BCUT2D eigenvalue weighted by atomic mass is 32.2. The summed E-state index contributed by atoms with van der Waals surface area (Å²) in [6.45, 7) is 2.05. The van der Waals surface area contributed by atoms with E-state index < -0.39 is 0 Å². The molecule has 0 radical (unpaired) electrons. The topological polar surface area (TPSA) is 78.3 Å². The SMILES string of the molecule is COc1cc(NC(=O)CSc2nnc(-c3cccs3)n2-c2ccc(C)cc2)cc(OC)c1. The number of ether oxygens (including phenoxy) is 2. The molecule has 0 aliphatic rings. The molecule has 0 saturated heterocycles. The first kappa shape index (κ1) is 21.9. The van der Waals surface area contributed by atoms with Crippen LogP contribution in [0.1, 0.15) is 5.56 Å². The molecule has 2 aromatic carbocycles. The number of carbonyl (C=O) groups is 1. The zero-order valence-corrected chi connectivity index (χ0v) is 19.5. The molecule has 0 aliphatic carbocycles. The third-order valence-electron chi connectivity index (χ3n) is 4.63. The first-order chi connectivity index (χ1) is 15.6. The number of nitrogens with one attached hydrogen (secondary N) is 1. The maximum atomic E-state index is 12.6. The number of aromatic nitrogens is 3. The van der Waals surface area contributed by atoms with Crippen LogP contribution in [0.25, 0.3) is 16.4 Å². The number of amides is 1. The summed E-state index contributed by atoms with van der Waals surface area (Å²) in [5.41, 5.74) is 2.72. The molecule has 1 N–H and O–H groups in total. The number of anilines is 1. The summed E-state index contributed by atoms with van der Waals surface area (Å²) < 4.78 is 12.5. The number of thioether (sulfide) groups is 1. The Kier molecular flexibility index (Phi) is 6.77. The number of hydrogen-bond acceptors (Lipinski definition) is 7. The van der Waals surface area contributed by atoms with E-state index in [1.807, 2.05) is 53.3 Å². The second-order valence-corrected chi connectivity index (χ2v) is 8.78. The van der Waals surface area contributed by atoms with Crippen molar-refractivity contribution in [1.29, 1.82) is 0 Å². The molecule has 0 aliphatic heterocycles. The highest BCUT2D eigenvalue weighted by Crippen LogP contribution is 2.31. The predicted molar refractivity (Wildman–Crippen MR) is 128 cm³/mol. The molecule has 4 aromatic rings. The Bertz CT molecular complexity index is 1180. The molecule has 32 heavy (non-hydrogen) atoms. The van der Waals surface area contributed by atoms with E-state index in [1.54, 1.807) is 43.8 Å². The molecule has 1 amide bonds. The smallest absolute Gasteiger partial charge is 0.234 e. The van der Waals surface area contributed by atoms with E-state index in [9.17, 15) is 4.79 Å². The second kappa shape index (κ2) is 9.88. The van der Waals surface area contributed by atoms with E-state index in [0.717, 1.165) is 16.4 Å². The maximum absolute atomic E-state index is 12.6. The van der Waals surface area contributed by atoms with Gasteiger partial charge >= 0.3 is 0 Å². The molecule has 0 bridgehead atoms. The largest absolute Gasteiger partial charge is 0.497 e. The van der Waals surface area contributed by atoms with Gasteiger partial charge in [-0.25, -0.2) is 0 Å². The fourth-order valence-electron chi connectivity index (χ4n) is 3.06. The number of nitrogens with zero attached hydrogens (tertiary/aromatic N) is 3. The minimum atomic E-state index is -0.165. The minimum Gasteiger partial charge on any atom is -0.497 e. The highest BCUT2D eigenvalue weighted by molar-refractivity contribution is 7.99. The second-order valence-electron chi connectivity index (χ2n) is 6.89. The van der Waals surface area contributed by atoms with Crippen molar-refractivity contribution in [3.63, 3.8) is 0 Å². The van der Waals surface area contributed by atoms with Gasteiger partial charge in [-0.1, -0.05) is 35.5 Å². The van der Waals surface area contributed by atoms with E-state index in [-0.39, 0.29) is 11.7 Å². The van der Waals surface area contributed by atoms with Gasteiger partial charge in [0.05, 0.1) is 24.8 Å². The van der Waals surface area contributed by atoms with Crippen molar-refractivity contribution in [1.82, 2.24) is 14.8 Å². The first-order valence-corrected chi connectivity index (χ1v) is 11.7. The van der Waals surface area contributed by atoms with Crippen molar-refractivity contribution in [2.45, 2.75) is 12.1 Å². The number of benzene rings is 2. The summed E-state index contributed by atoms with van der Waals surface area (Å²) in [4.78, 5) is 13.7. The summed E-state index contributed by atoms with van der Waals surface area (Å²) in [5.74, 6) is 1.97. The summed E-state index contributed by atoms with van der Waals surface area (Å²) >= 11 is 2.93. The molecule has 9 heteroatoms. The van der Waals surface area contributed by atoms with Crippen molar-refractivity contribution in [2.75, 3.05) is 25.3 Å². The van der Waals surface area contributed by atoms with Crippen molar-refractivity contribution >= 4 is 34.7 Å². The molecular weight excluding hydrogens is 444 g/mol. The lowest BCUT2D eigenvalue weighted by molar-refractivity contribution is -0.113. The molecule has 4 rings (SSSR count). The lowest BCUT2D eigenvalue weighted by Crippen LogP contribution is -2.14. The number of thiophene rings is 1. The van der Waals surface area contributed by atoms with E-state index in [4.69, 9.17) is 9.47 Å². The lowest BCUT2D eigenvalue weighted by atomic mass is 10.2. The summed E-state index contributed by atoms with van der Waals surface area (Å²) in [5, 5.41) is 14.3. The fraction of sp³-hybridized carbons (Fsp3) is 0.174. The molecule has 0 fully saturated rings. The third-order valence-corrected chi connectivity index (χ3v) is 6.43. The van der Waals surface area contributed by atoms with E-state index in [1.165, 1.54) is 17.3 Å². The van der Waals surface area contributed by atoms with Crippen LogP contribution in [0.2, 0.25) is 0 Å². The molecule has 0 spiro atoms. The van der Waals surface area contributed by atoms with Crippen LogP contribution in [0.3, 0.4) is 0 Å². The molecule has 7 nitrogen and oxygen atoms in total. The molecule has 0 atom stereocenters. The minimum absolute atomic E-state index is 0.165. The van der Waals surface area contributed by atoms with Gasteiger partial charge in [0.2, 0.25) is 5.91 Å². The van der Waals surface area contributed by atoms with Gasteiger partial charge in [0.15, 0.2) is 11.0 Å². The molecule has 2 aromatic heterocycles. The van der Waals surface area contributed by atoms with Gasteiger partial charge in [0.25, 0.3) is 0 Å². The zero-order chi connectivity index (χ0) is 22.5. The van der Waals surface area contributed by atoms with Gasteiger partial charge in [0, 0.05) is 29.6 Å². The van der Waals surface area contributed by atoms with Gasteiger partial charge in [-0.2, -0.15) is 0 Å². The van der Waals surface area contributed by atoms with Gasteiger partial charge < -0.3 is 14.8 Å². The van der Waals surface area contributed by atoms with E-state index in [2.05, 4.69) is 15.5 Å². The summed E-state index contributed by atoms with van der Waals surface area (Å²) in [6, 6.07) is 17.4. The average molecular weight is 467 g/mol. The molecule has 2 heterocycles. The Morgan fingerprint density at radius 2 is 1.78 bits per heavy atom. The van der Waals surface area contributed by atoms with Crippen LogP contribution in [0.15, 0.2) is 65.1 Å². The van der Waals surface area contributed by atoms with E-state index in [0.29, 0.717) is 22.3 Å². The fourth-order valence-corrected chi connectivity index (χ4v) is 4.51. The van der Waals surface area contributed by atoms with Gasteiger partial charge in [0.1, 0.15) is 11.5 Å². The number of methoxy groups -OCH3 is 2. The quantitative estimate of drug-likeness (QED) is 0.366. The molecule has 0 saturated carbocycles. The van der Waals surface area contributed by atoms with Gasteiger partial charge in [-0.15, -0.1) is 21.5 Å². The number of aryl methyl sites for hydroxylation is 1. The van der Waals surface area contributed by atoms with Crippen molar-refractivity contribution in [2.24, 2.45) is 0 Å². The third kappa shape index (κ3) is 4.95. The summed E-state index contributed by atoms with van der Waals surface area (Å²) in [7, 11) is 3.14. The lowest BCUT2D eigenvalue weighted by Gasteiger charge is -2.11. The van der Waals surface area contributed by atoms with Crippen molar-refractivity contribution in [3.05, 3.63) is 65.5 Å². The van der Waals surface area contributed by atoms with Crippen LogP contribution in [0.4, 0.5) is 5.69 Å². The molecule has 164 valence electrons. The standard InChI is InChI=1S/C23H22N4O3S2/c1-15-6-8-17(9-7-15)27-22(20-5-4-10-31-20)25-26-23(27)32-14-21(28)24-16-11-18(29-2)13-19(12-16)30-3/h4-13H,14H2,1-3H3,(H,24,28). The van der Waals surface area contributed by atoms with Crippen LogP contribution in [0.5, 0.6) is 11.5 Å². The first-order valence-electron chi connectivity index (χ1n) is 9.79. The number of hydrogen-bond donors (Lipinski definition) is 1. The van der Waals surface area contributed by atoms with Crippen molar-refractivity contribution < 1.29 is 14.3 Å². The van der Waals surface area contributed by atoms with E-state index >= 15 is 0 Å². The average Bonchev–Trinajstić information content (AvgIpc) is 3.48. The predicted octanol–water partition coefficient (Wildman–Crippen LogP) is 5.05. The van der Waals surface area contributed by atoms with Crippen LogP contribution in [-0.2, 0) is 4.79 Å². The Morgan fingerprint density at radius 3 is 2.41 bits per heavy atom. The van der Waals surface area contributed by atoms with Gasteiger partial charge in [-0.05, 0) is 30.5 Å². The Balaban J connectivity index is 1.55. The molecule has 0 unspecified atom stereocenters. The van der Waals surface area contributed by atoms with Crippen molar-refractivity contribution in [3.8, 4) is 27.9 Å². The monoisotopic (exact) mass is 466 g/mol. The Labute approximate surface area is 194 Å². The molecular formula is C23H22N4O3S2. The normalized spacial score (nSPS) is 10.7. The van der Waals surface area contributed by atoms with Crippen LogP contribution in [-0.4, -0.2) is 40.6 Å². The van der Waals surface area contributed by atoms with Crippen LogP contribution in [0, 0.1) is 6.92 Å². The highest BCUT2D eigenvalue weighted by Gasteiger charge is 2.18. The summed E-state index contributed by atoms with van der Waals surface area (Å²) in [6.07, 6.45) is 0. The maximum Gasteiger partial charge on any atom is 0.234 e. The van der Waals surface area contributed by atoms with Crippen LogP contribution >= 0.6 is 23.1 Å². The number of rotatable bonds is 8. The zero-order valence-electron chi connectivity index (χ0n) is 17.9. The Hall–Kier alpha value is -3.30. The Morgan fingerprint density at radius 1 is 1.06 bits per heavy atom.